The highest BCUT2D eigenvalue weighted by molar-refractivity contribution is 5.27. The van der Waals surface area contributed by atoms with Crippen LogP contribution in [-0.2, 0) is 56.8 Å². The molecule has 488 valence electrons. The first-order chi connectivity index (χ1) is 40.2. The van der Waals surface area contributed by atoms with E-state index in [-0.39, 0.29) is 35.4 Å². The van der Waals surface area contributed by atoms with Gasteiger partial charge in [-0.05, 0) is 99.7 Å². The molecule has 7 heterocycles. The van der Waals surface area contributed by atoms with Gasteiger partial charge in [0.05, 0.1) is 56.9 Å². The molecular weight excluding hydrogens is 1130 g/mol. The summed E-state index contributed by atoms with van der Waals surface area (Å²) in [5, 5.41) is 171. The lowest BCUT2D eigenvalue weighted by atomic mass is 9.47. The average Bonchev–Trinajstić information content (AvgIpc) is 1.58. The Kier molecular flexibility index (Phi) is 19.1. The van der Waals surface area contributed by atoms with Crippen molar-refractivity contribution in [3.8, 4) is 0 Å². The Morgan fingerprint density at radius 3 is 1.69 bits per heavy atom. The van der Waals surface area contributed by atoms with Crippen LogP contribution in [0.3, 0.4) is 0 Å². The van der Waals surface area contributed by atoms with E-state index in [1.807, 2.05) is 6.92 Å². The summed E-state index contributed by atoms with van der Waals surface area (Å²) in [4.78, 5) is 0. The van der Waals surface area contributed by atoms with E-state index in [1.54, 1.807) is 0 Å². The molecule has 11 aliphatic rings. The zero-order chi connectivity index (χ0) is 61.1. The van der Waals surface area contributed by atoms with Gasteiger partial charge in [-0.25, -0.2) is 0 Å². The summed E-state index contributed by atoms with van der Waals surface area (Å²) in [6, 6.07) is 0. The Balaban J connectivity index is 0.767. The van der Waals surface area contributed by atoms with Crippen LogP contribution < -0.4 is 0 Å². The van der Waals surface area contributed by atoms with Gasteiger partial charge in [-0.3, -0.25) is 0 Å². The molecule has 11 rings (SSSR count). The van der Waals surface area contributed by atoms with Crippen molar-refractivity contribution in [3.05, 3.63) is 11.6 Å². The largest absolute Gasteiger partial charge is 0.394 e. The SMILES string of the molecule is C[C@@H]1O[C@H](O[C@@H]2[C@@H](O[C@H]3O[C@@H](CO)[C@H](O)[C@@H](O)[C@@H]3O)[C@H](O)[C@@H](O[C@@H]3[C@@H](O[C@H]4CC[C@@]5(C)C(=CC[C@@H]6[C@H]7C[C@H]8O[C@]9(CC[C@](C)(CO[C@H]%10O[C@@H](CO)[C@H](O)[C@@H](O)[C@@H]%10O)O9)[C@H](C)[C@@H]8[C@@]7(C)CC[C@H]65)C4)O[C@@H](CO)[C@H](O)[C@H]3O)O[C@H]2CO)[C@@H](O)[C@H](O)[C@H]1O. The van der Waals surface area contributed by atoms with Crippen molar-refractivity contribution in [3.63, 3.8) is 0 Å². The van der Waals surface area contributed by atoms with Gasteiger partial charge in [-0.15, -0.1) is 0 Å². The fourth-order valence-corrected chi connectivity index (χ4v) is 17.1. The highest BCUT2D eigenvalue weighted by Gasteiger charge is 2.71. The van der Waals surface area contributed by atoms with Crippen LogP contribution in [0.4, 0.5) is 0 Å². The Hall–Kier alpha value is -1.38. The molecule has 28 nitrogen and oxygen atoms in total. The zero-order valence-corrected chi connectivity index (χ0v) is 48.5. The maximum atomic E-state index is 12.2. The number of hydrogen-bond acceptors (Lipinski definition) is 28. The topological polar surface area (TPSA) is 434 Å². The molecule has 16 N–H and O–H groups in total. The van der Waals surface area contributed by atoms with E-state index in [9.17, 15) is 81.7 Å². The van der Waals surface area contributed by atoms with Crippen LogP contribution in [-0.4, -0.2) is 292 Å². The first kappa shape index (κ1) is 65.1. The second-order valence-electron chi connectivity index (χ2n) is 27.0. The van der Waals surface area contributed by atoms with Gasteiger partial charge in [-0.2, -0.15) is 0 Å². The summed E-state index contributed by atoms with van der Waals surface area (Å²) >= 11 is 0. The van der Waals surface area contributed by atoms with E-state index in [4.69, 9.17) is 56.8 Å². The molecule has 0 unspecified atom stereocenters. The van der Waals surface area contributed by atoms with Crippen molar-refractivity contribution in [2.24, 2.45) is 40.4 Å². The van der Waals surface area contributed by atoms with E-state index in [2.05, 4.69) is 26.8 Å². The summed E-state index contributed by atoms with van der Waals surface area (Å²) in [7, 11) is 0. The minimum absolute atomic E-state index is 0.0200. The van der Waals surface area contributed by atoms with E-state index in [1.165, 1.54) is 12.5 Å². The van der Waals surface area contributed by atoms with E-state index in [0.717, 1.165) is 32.1 Å². The van der Waals surface area contributed by atoms with Crippen molar-refractivity contribution in [2.45, 2.75) is 270 Å². The number of allylic oxidation sites excluding steroid dienone is 1. The highest BCUT2D eigenvalue weighted by atomic mass is 16.8. The Morgan fingerprint density at radius 2 is 1.05 bits per heavy atom. The molecule has 36 atom stereocenters. The summed E-state index contributed by atoms with van der Waals surface area (Å²) in [5.41, 5.74) is 0.174. The Bertz CT molecular complexity index is 2310. The fourth-order valence-electron chi connectivity index (χ4n) is 17.1. The molecule has 0 aromatic carbocycles. The Morgan fingerprint density at radius 1 is 0.506 bits per heavy atom. The van der Waals surface area contributed by atoms with Gasteiger partial charge < -0.3 is 139 Å². The molecule has 0 aromatic rings. The molecule has 0 radical (unpaired) electrons. The average molecular weight is 1230 g/mol. The number of aliphatic hydroxyl groups is 16. The maximum Gasteiger partial charge on any atom is 0.187 e. The second-order valence-corrected chi connectivity index (χ2v) is 27.0. The van der Waals surface area contributed by atoms with Crippen LogP contribution in [0.2, 0.25) is 0 Å². The quantitative estimate of drug-likeness (QED) is 0.0683. The molecule has 3 saturated carbocycles. The number of fused-ring (bicyclic) bond motifs is 7. The van der Waals surface area contributed by atoms with Crippen molar-refractivity contribution in [2.75, 3.05) is 33.0 Å². The monoisotopic (exact) mass is 1220 g/mol. The van der Waals surface area contributed by atoms with Crippen molar-refractivity contribution in [1.29, 1.82) is 0 Å². The summed E-state index contributed by atoms with van der Waals surface area (Å²) in [6.45, 7) is 7.25. The van der Waals surface area contributed by atoms with Crippen molar-refractivity contribution < 1.29 is 139 Å². The first-order valence-electron chi connectivity index (χ1n) is 30.4. The van der Waals surface area contributed by atoms with Gasteiger partial charge in [0.1, 0.15) is 116 Å². The van der Waals surface area contributed by atoms with E-state index < -0.39 is 197 Å². The summed E-state index contributed by atoms with van der Waals surface area (Å²) < 4.78 is 74.1. The minimum Gasteiger partial charge on any atom is -0.394 e. The van der Waals surface area contributed by atoms with Gasteiger partial charge in [-0.1, -0.05) is 32.4 Å². The number of hydrogen-bond donors (Lipinski definition) is 16. The molecule has 0 bridgehead atoms. The maximum absolute atomic E-state index is 12.2. The second kappa shape index (κ2) is 24.9. The molecule has 28 heteroatoms. The third-order valence-corrected chi connectivity index (χ3v) is 22.0. The number of ether oxygens (including phenoxy) is 12. The molecule has 85 heavy (non-hydrogen) atoms. The smallest absolute Gasteiger partial charge is 0.187 e. The van der Waals surface area contributed by atoms with E-state index >= 15 is 0 Å². The third kappa shape index (κ3) is 11.3. The molecular formula is C57H92O28. The first-order valence-corrected chi connectivity index (χ1v) is 30.4. The summed E-state index contributed by atoms with van der Waals surface area (Å²) in [6.07, 6.45) is -33.1. The van der Waals surface area contributed by atoms with Gasteiger partial charge in [0.2, 0.25) is 0 Å². The van der Waals surface area contributed by atoms with Gasteiger partial charge >= 0.3 is 0 Å². The highest BCUT2D eigenvalue weighted by Crippen LogP contribution is 2.71. The van der Waals surface area contributed by atoms with Crippen molar-refractivity contribution >= 4 is 0 Å². The number of aliphatic hydroxyl groups excluding tert-OH is 16. The zero-order valence-electron chi connectivity index (χ0n) is 48.5. The van der Waals surface area contributed by atoms with Crippen LogP contribution in [0.1, 0.15) is 92.4 Å². The van der Waals surface area contributed by atoms with Crippen LogP contribution in [0.25, 0.3) is 0 Å². The standard InChI is InChI=1S/C57H92O28/c1-21-33-28(84-57(21)13-12-54(3,85-57)20-74-49-42(70)39(67)35(63)29(16-58)77-49)15-27-25-7-6-23-14-24(8-10-55(23,4)26(25)9-11-56(27,33)5)76-53-48(41(69)37(65)31(18-60)79-53)83-52-45(73)47(82-51-44(72)40(68)36(64)30(17-59)78-51)46(32(19-61)80-52)81-50-43(71)38(66)34(62)22(2)75-50/h6,21-22,24-53,58-73H,7-20H2,1-5H3/t21-,22+,24+,25+,26-,27-,28-,29+,30+,31+,32+,33+,34+,35+,36+,37+,38-,39-,40-,41-,42+,43+,44+,45+,46+,47+,48+,49+,50-,51-,52-,53+,54-,55+,56+,57+/m1/s1. The third-order valence-electron chi connectivity index (χ3n) is 22.0. The van der Waals surface area contributed by atoms with Gasteiger partial charge in [0, 0.05) is 12.3 Å². The molecule has 7 aliphatic heterocycles. The summed E-state index contributed by atoms with van der Waals surface area (Å²) in [5.74, 6) is 0.512. The van der Waals surface area contributed by atoms with Crippen molar-refractivity contribution in [1.82, 2.24) is 0 Å². The molecule has 1 spiro atoms. The lowest BCUT2D eigenvalue weighted by molar-refractivity contribution is -0.403. The molecule has 0 aromatic heterocycles. The Labute approximate surface area is 491 Å². The predicted molar refractivity (Wildman–Crippen MR) is 281 cm³/mol. The lowest BCUT2D eigenvalue weighted by Gasteiger charge is -2.58. The molecule has 0 amide bonds. The van der Waals surface area contributed by atoms with Crippen LogP contribution in [0.15, 0.2) is 11.6 Å². The van der Waals surface area contributed by atoms with Gasteiger partial charge in [0.15, 0.2) is 37.2 Å². The minimum atomic E-state index is -2.08. The van der Waals surface area contributed by atoms with Crippen LogP contribution in [0, 0.1) is 40.4 Å². The molecule has 7 saturated heterocycles. The lowest BCUT2D eigenvalue weighted by Crippen LogP contribution is -2.68. The molecule has 4 aliphatic carbocycles. The normalized spacial score (nSPS) is 57.0. The molecule has 10 fully saturated rings. The van der Waals surface area contributed by atoms with Crippen LogP contribution in [0.5, 0.6) is 0 Å². The number of rotatable bonds is 15. The fraction of sp³-hybridized carbons (Fsp3) is 0.965. The van der Waals surface area contributed by atoms with E-state index in [0.29, 0.717) is 43.4 Å². The predicted octanol–water partition coefficient (Wildman–Crippen LogP) is -5.02. The van der Waals surface area contributed by atoms with Gasteiger partial charge in [0.25, 0.3) is 0 Å². The van der Waals surface area contributed by atoms with Crippen LogP contribution >= 0.6 is 0 Å².